The van der Waals surface area contributed by atoms with Gasteiger partial charge in [-0.2, -0.15) is 0 Å². The molecule has 1 aromatic heterocycles. The number of rotatable bonds is 8. The van der Waals surface area contributed by atoms with Crippen LogP contribution in [0.1, 0.15) is 22.9 Å². The zero-order valence-corrected chi connectivity index (χ0v) is 19.6. The van der Waals surface area contributed by atoms with Crippen molar-refractivity contribution in [2.45, 2.75) is 19.5 Å². The Morgan fingerprint density at radius 2 is 1.70 bits per heavy atom. The van der Waals surface area contributed by atoms with Gasteiger partial charge in [0.1, 0.15) is 6.04 Å². The number of aliphatic carboxylic acids is 1. The van der Waals surface area contributed by atoms with Crippen LogP contribution in [0.4, 0.5) is 0 Å². The average molecular weight is 454 g/mol. The smallest absolute Gasteiger partial charge is 0.325 e. The summed E-state index contributed by atoms with van der Waals surface area (Å²) in [6.07, 6.45) is 0. The molecule has 2 aromatic carbocycles. The predicted molar refractivity (Wildman–Crippen MR) is 126 cm³/mol. The van der Waals surface area contributed by atoms with E-state index in [2.05, 4.69) is 14.8 Å². The van der Waals surface area contributed by atoms with E-state index in [4.69, 9.17) is 14.2 Å². The van der Waals surface area contributed by atoms with Gasteiger partial charge in [-0.15, -0.1) is 0 Å². The number of H-pyrrole nitrogens is 1. The van der Waals surface area contributed by atoms with E-state index < -0.39 is 12.0 Å². The third-order valence-corrected chi connectivity index (χ3v) is 6.40. The van der Waals surface area contributed by atoms with Crippen LogP contribution in [0.3, 0.4) is 0 Å². The lowest BCUT2D eigenvalue weighted by Crippen LogP contribution is -2.49. The molecule has 1 atom stereocenters. The lowest BCUT2D eigenvalue weighted by Gasteiger charge is -2.38. The van der Waals surface area contributed by atoms with Crippen molar-refractivity contribution in [3.8, 4) is 17.2 Å². The molecule has 176 valence electrons. The van der Waals surface area contributed by atoms with Crippen LogP contribution in [-0.2, 0) is 11.3 Å². The monoisotopic (exact) mass is 453 g/mol. The lowest BCUT2D eigenvalue weighted by molar-refractivity contribution is -0.144. The van der Waals surface area contributed by atoms with Gasteiger partial charge in [-0.3, -0.25) is 14.6 Å². The summed E-state index contributed by atoms with van der Waals surface area (Å²) in [5.41, 5.74) is 3.73. The van der Waals surface area contributed by atoms with Crippen molar-refractivity contribution in [2.75, 3.05) is 47.5 Å². The van der Waals surface area contributed by atoms with Crippen LogP contribution >= 0.6 is 0 Å². The number of aryl methyl sites for hydroxylation is 1. The fourth-order valence-corrected chi connectivity index (χ4v) is 4.82. The number of piperazine rings is 1. The summed E-state index contributed by atoms with van der Waals surface area (Å²) >= 11 is 0. The Kier molecular flexibility index (Phi) is 6.76. The summed E-state index contributed by atoms with van der Waals surface area (Å²) in [6, 6.07) is 11.1. The van der Waals surface area contributed by atoms with Crippen molar-refractivity contribution in [1.29, 1.82) is 0 Å². The Balaban J connectivity index is 1.51. The number of ether oxygens (including phenoxy) is 3. The number of carbonyl (C=O) groups is 1. The van der Waals surface area contributed by atoms with Crippen LogP contribution in [0.2, 0.25) is 0 Å². The van der Waals surface area contributed by atoms with Crippen LogP contribution in [0.15, 0.2) is 36.4 Å². The molecular weight excluding hydrogens is 422 g/mol. The zero-order valence-electron chi connectivity index (χ0n) is 19.6. The molecule has 0 bridgehead atoms. The first-order valence-corrected chi connectivity index (χ1v) is 11.0. The number of aromatic amines is 1. The first kappa shape index (κ1) is 22.9. The van der Waals surface area contributed by atoms with Crippen LogP contribution < -0.4 is 14.2 Å². The lowest BCUT2D eigenvalue weighted by atomic mass is 10.0. The maximum Gasteiger partial charge on any atom is 0.325 e. The SMILES string of the molecule is COc1ccc(CN2CCN([C@H](C(=O)O)c3c(C)[nH]c4ccccc34)CC2)c(OC)c1OC. The van der Waals surface area contributed by atoms with E-state index in [9.17, 15) is 9.90 Å². The van der Waals surface area contributed by atoms with Crippen LogP contribution in [0.25, 0.3) is 10.9 Å². The number of methoxy groups -OCH3 is 3. The molecule has 2 heterocycles. The minimum absolute atomic E-state index is 0.580. The van der Waals surface area contributed by atoms with Crippen molar-refractivity contribution in [1.82, 2.24) is 14.8 Å². The molecule has 3 aromatic rings. The number of aromatic nitrogens is 1. The topological polar surface area (TPSA) is 87.3 Å². The van der Waals surface area contributed by atoms with E-state index >= 15 is 0 Å². The Labute approximate surface area is 193 Å². The third kappa shape index (κ3) is 4.36. The molecule has 2 N–H and O–H groups in total. The maximum atomic E-state index is 12.4. The van der Waals surface area contributed by atoms with E-state index in [0.29, 0.717) is 36.9 Å². The number of para-hydroxylation sites is 1. The predicted octanol–water partition coefficient (Wildman–Crippen LogP) is 3.45. The van der Waals surface area contributed by atoms with E-state index in [-0.39, 0.29) is 0 Å². The molecular formula is C25H31N3O5. The second-order valence-corrected chi connectivity index (χ2v) is 8.26. The van der Waals surface area contributed by atoms with Gasteiger partial charge in [0.2, 0.25) is 5.75 Å². The highest BCUT2D eigenvalue weighted by Crippen LogP contribution is 2.40. The highest BCUT2D eigenvalue weighted by atomic mass is 16.5. The summed E-state index contributed by atoms with van der Waals surface area (Å²) in [4.78, 5) is 20.1. The van der Waals surface area contributed by atoms with E-state index in [1.165, 1.54) is 0 Å². The van der Waals surface area contributed by atoms with Crippen molar-refractivity contribution in [3.63, 3.8) is 0 Å². The molecule has 1 aliphatic rings. The summed E-state index contributed by atoms with van der Waals surface area (Å²) in [5, 5.41) is 11.1. The van der Waals surface area contributed by atoms with Gasteiger partial charge in [0.15, 0.2) is 11.5 Å². The van der Waals surface area contributed by atoms with Crippen LogP contribution in [0.5, 0.6) is 17.2 Å². The number of nitrogens with zero attached hydrogens (tertiary/aromatic N) is 2. The fraction of sp³-hybridized carbons (Fsp3) is 0.400. The molecule has 1 aliphatic heterocycles. The third-order valence-electron chi connectivity index (χ3n) is 6.40. The molecule has 0 spiro atoms. The molecule has 4 rings (SSSR count). The van der Waals surface area contributed by atoms with Crippen molar-refractivity contribution in [2.24, 2.45) is 0 Å². The second kappa shape index (κ2) is 9.72. The van der Waals surface area contributed by atoms with E-state index in [0.717, 1.165) is 40.8 Å². The first-order chi connectivity index (χ1) is 16.0. The Hall–Kier alpha value is -3.23. The van der Waals surface area contributed by atoms with Gasteiger partial charge in [-0.1, -0.05) is 24.3 Å². The van der Waals surface area contributed by atoms with E-state index in [1.807, 2.05) is 43.3 Å². The van der Waals surface area contributed by atoms with E-state index in [1.54, 1.807) is 21.3 Å². The normalized spacial score (nSPS) is 16.0. The first-order valence-electron chi connectivity index (χ1n) is 11.0. The molecule has 0 aliphatic carbocycles. The maximum absolute atomic E-state index is 12.4. The largest absolute Gasteiger partial charge is 0.493 e. The Morgan fingerprint density at radius 1 is 1.00 bits per heavy atom. The number of fused-ring (bicyclic) bond motifs is 1. The number of hydrogen-bond donors (Lipinski definition) is 2. The standard InChI is InChI=1S/C25H31N3O5/c1-16-21(18-7-5-6-8-19(18)26-16)22(25(29)30)28-13-11-27(12-14-28)15-17-9-10-20(31-2)24(33-4)23(17)32-3/h5-10,22,26H,11-15H2,1-4H3,(H,29,30)/t22-/m0/s1. The van der Waals surface area contributed by atoms with Gasteiger partial charge in [0.25, 0.3) is 0 Å². The van der Waals surface area contributed by atoms with Gasteiger partial charge in [0, 0.05) is 60.4 Å². The molecule has 1 fully saturated rings. The van der Waals surface area contributed by atoms with Gasteiger partial charge in [-0.25, -0.2) is 0 Å². The summed E-state index contributed by atoms with van der Waals surface area (Å²) in [6.45, 7) is 5.45. The molecule has 0 unspecified atom stereocenters. The van der Waals surface area contributed by atoms with Gasteiger partial charge >= 0.3 is 5.97 Å². The quantitative estimate of drug-likeness (QED) is 0.540. The summed E-state index contributed by atoms with van der Waals surface area (Å²) < 4.78 is 16.5. The number of benzene rings is 2. The minimum Gasteiger partial charge on any atom is -0.493 e. The summed E-state index contributed by atoms with van der Waals surface area (Å²) in [5.74, 6) is 1.05. The van der Waals surface area contributed by atoms with Crippen LogP contribution in [-0.4, -0.2) is 73.4 Å². The number of nitrogens with one attached hydrogen (secondary N) is 1. The fourth-order valence-electron chi connectivity index (χ4n) is 4.82. The van der Waals surface area contributed by atoms with Gasteiger partial charge in [0.05, 0.1) is 21.3 Å². The zero-order chi connectivity index (χ0) is 23.5. The average Bonchev–Trinajstić information content (AvgIpc) is 3.15. The molecule has 0 radical (unpaired) electrons. The van der Waals surface area contributed by atoms with Crippen molar-refractivity contribution >= 4 is 16.9 Å². The molecule has 8 nitrogen and oxygen atoms in total. The second-order valence-electron chi connectivity index (χ2n) is 8.26. The number of hydrogen-bond acceptors (Lipinski definition) is 6. The summed E-state index contributed by atoms with van der Waals surface area (Å²) in [7, 11) is 4.83. The molecule has 0 amide bonds. The van der Waals surface area contributed by atoms with Crippen molar-refractivity contribution < 1.29 is 24.1 Å². The minimum atomic E-state index is -0.821. The highest BCUT2D eigenvalue weighted by molar-refractivity contribution is 5.90. The van der Waals surface area contributed by atoms with Gasteiger partial charge in [-0.05, 0) is 19.1 Å². The number of carboxylic acid groups (broad SMARTS) is 1. The molecule has 8 heteroatoms. The van der Waals surface area contributed by atoms with Gasteiger partial charge < -0.3 is 24.3 Å². The highest BCUT2D eigenvalue weighted by Gasteiger charge is 2.33. The number of carboxylic acids is 1. The Bertz CT molecular complexity index is 1130. The molecule has 33 heavy (non-hydrogen) atoms. The van der Waals surface area contributed by atoms with Crippen molar-refractivity contribution in [3.05, 3.63) is 53.2 Å². The Morgan fingerprint density at radius 3 is 2.33 bits per heavy atom. The molecule has 1 saturated heterocycles. The molecule has 0 saturated carbocycles. The van der Waals surface area contributed by atoms with Crippen LogP contribution in [0, 0.1) is 6.92 Å².